The molecule has 0 aliphatic heterocycles. The molecule has 0 radical (unpaired) electrons. The van der Waals surface area contributed by atoms with Crippen molar-refractivity contribution in [2.45, 2.75) is 5.03 Å². The third-order valence-corrected chi connectivity index (χ3v) is 3.12. The summed E-state index contributed by atoms with van der Waals surface area (Å²) >= 11 is 1.43. The van der Waals surface area contributed by atoms with Crippen LogP contribution in [0.5, 0.6) is 5.88 Å². The monoisotopic (exact) mass is 275 g/mol. The molecule has 5 nitrogen and oxygen atoms in total. The predicted octanol–water partition coefficient (Wildman–Crippen LogP) is 2.46. The molecule has 6 heteroatoms. The molecule has 1 amide bonds. The Hall–Kier alpha value is -2.08. The van der Waals surface area contributed by atoms with Crippen LogP contribution in [0.15, 0.2) is 41.7 Å². The average Bonchev–Trinajstić information content (AvgIpc) is 2.48. The first-order valence-electron chi connectivity index (χ1n) is 5.55. The number of nitrogens with zero attached hydrogens (tertiary/aromatic N) is 2. The SMILES string of the molecule is COc1ccc(NC(=O)c2cccnc2SC)cn1. The number of rotatable bonds is 4. The lowest BCUT2D eigenvalue weighted by Crippen LogP contribution is -2.13. The van der Waals surface area contributed by atoms with E-state index in [0.717, 1.165) is 0 Å². The van der Waals surface area contributed by atoms with Gasteiger partial charge in [-0.25, -0.2) is 9.97 Å². The van der Waals surface area contributed by atoms with E-state index in [0.29, 0.717) is 22.2 Å². The molecule has 0 unspecified atom stereocenters. The highest BCUT2D eigenvalue weighted by atomic mass is 32.2. The van der Waals surface area contributed by atoms with E-state index >= 15 is 0 Å². The van der Waals surface area contributed by atoms with Crippen LogP contribution < -0.4 is 10.1 Å². The molecule has 2 rings (SSSR count). The van der Waals surface area contributed by atoms with Gasteiger partial charge in [0.1, 0.15) is 5.03 Å². The van der Waals surface area contributed by atoms with Crippen molar-refractivity contribution in [1.82, 2.24) is 9.97 Å². The predicted molar refractivity (Wildman–Crippen MR) is 74.8 cm³/mol. The van der Waals surface area contributed by atoms with Crippen molar-refractivity contribution in [3.63, 3.8) is 0 Å². The summed E-state index contributed by atoms with van der Waals surface area (Å²) in [5.41, 5.74) is 1.16. The van der Waals surface area contributed by atoms with Gasteiger partial charge in [0.2, 0.25) is 5.88 Å². The zero-order chi connectivity index (χ0) is 13.7. The minimum Gasteiger partial charge on any atom is -0.481 e. The van der Waals surface area contributed by atoms with Gasteiger partial charge in [-0.2, -0.15) is 0 Å². The van der Waals surface area contributed by atoms with Crippen LogP contribution in [0.25, 0.3) is 0 Å². The summed E-state index contributed by atoms with van der Waals surface area (Å²) in [4.78, 5) is 20.3. The molecule has 1 N–H and O–H groups in total. The number of anilines is 1. The standard InChI is InChI=1S/C13H13N3O2S/c1-18-11-6-5-9(8-15-11)16-12(17)10-4-3-7-14-13(10)19-2/h3-8H,1-2H3,(H,16,17). The fraction of sp³-hybridized carbons (Fsp3) is 0.154. The molecule has 0 saturated carbocycles. The van der Waals surface area contributed by atoms with Gasteiger partial charge in [-0.3, -0.25) is 4.79 Å². The Morgan fingerprint density at radius 3 is 2.79 bits per heavy atom. The molecule has 0 saturated heterocycles. The second-order valence-electron chi connectivity index (χ2n) is 3.60. The molecular weight excluding hydrogens is 262 g/mol. The van der Waals surface area contributed by atoms with Gasteiger partial charge < -0.3 is 10.1 Å². The second kappa shape index (κ2) is 6.19. The number of amides is 1. The third-order valence-electron chi connectivity index (χ3n) is 2.41. The molecule has 2 heterocycles. The van der Waals surface area contributed by atoms with Crippen molar-refractivity contribution >= 4 is 23.4 Å². The van der Waals surface area contributed by atoms with E-state index in [-0.39, 0.29) is 5.91 Å². The highest BCUT2D eigenvalue weighted by Gasteiger charge is 2.11. The van der Waals surface area contributed by atoms with Crippen LogP contribution in [-0.2, 0) is 0 Å². The quantitative estimate of drug-likeness (QED) is 0.868. The van der Waals surface area contributed by atoms with Crippen LogP contribution in [-0.4, -0.2) is 29.2 Å². The maximum absolute atomic E-state index is 12.1. The Kier molecular flexibility index (Phi) is 4.35. The summed E-state index contributed by atoms with van der Waals surface area (Å²) in [5, 5.41) is 3.47. The second-order valence-corrected chi connectivity index (χ2v) is 4.40. The number of ether oxygens (including phenoxy) is 1. The molecule has 19 heavy (non-hydrogen) atoms. The molecule has 2 aromatic rings. The molecule has 0 bridgehead atoms. The zero-order valence-corrected chi connectivity index (χ0v) is 11.4. The first-order chi connectivity index (χ1) is 9.24. The number of methoxy groups -OCH3 is 1. The number of nitrogens with one attached hydrogen (secondary N) is 1. The van der Waals surface area contributed by atoms with E-state index in [9.17, 15) is 4.79 Å². The van der Waals surface area contributed by atoms with Crippen LogP contribution in [0.3, 0.4) is 0 Å². The van der Waals surface area contributed by atoms with E-state index in [1.165, 1.54) is 11.8 Å². The number of pyridine rings is 2. The van der Waals surface area contributed by atoms with Gasteiger partial charge in [-0.15, -0.1) is 11.8 Å². The van der Waals surface area contributed by atoms with Gasteiger partial charge in [0.25, 0.3) is 5.91 Å². The van der Waals surface area contributed by atoms with E-state index in [1.54, 1.807) is 43.8 Å². The van der Waals surface area contributed by atoms with Crippen LogP contribution in [0.4, 0.5) is 5.69 Å². The highest BCUT2D eigenvalue weighted by molar-refractivity contribution is 7.98. The minimum absolute atomic E-state index is 0.204. The van der Waals surface area contributed by atoms with E-state index in [2.05, 4.69) is 15.3 Å². The molecule has 0 aliphatic rings. The molecule has 98 valence electrons. The number of hydrogen-bond donors (Lipinski definition) is 1. The maximum atomic E-state index is 12.1. The molecule has 0 aliphatic carbocycles. The van der Waals surface area contributed by atoms with Crippen LogP contribution >= 0.6 is 11.8 Å². The summed E-state index contributed by atoms with van der Waals surface area (Å²) in [5.74, 6) is 0.300. The Morgan fingerprint density at radius 2 is 2.16 bits per heavy atom. The Balaban J connectivity index is 2.16. The van der Waals surface area contributed by atoms with E-state index < -0.39 is 0 Å². The van der Waals surface area contributed by atoms with Gasteiger partial charge in [-0.05, 0) is 24.5 Å². The summed E-state index contributed by atoms with van der Waals surface area (Å²) < 4.78 is 4.96. The van der Waals surface area contributed by atoms with E-state index in [4.69, 9.17) is 4.74 Å². The fourth-order valence-corrected chi connectivity index (χ4v) is 2.05. The molecule has 0 aromatic carbocycles. The van der Waals surface area contributed by atoms with E-state index in [1.807, 2.05) is 6.26 Å². The Labute approximate surface area is 115 Å². The third kappa shape index (κ3) is 3.23. The number of carbonyl (C=O) groups excluding carboxylic acids is 1. The number of hydrogen-bond acceptors (Lipinski definition) is 5. The van der Waals surface area contributed by atoms with Crippen molar-refractivity contribution in [3.8, 4) is 5.88 Å². The summed E-state index contributed by atoms with van der Waals surface area (Å²) in [7, 11) is 1.54. The number of aromatic nitrogens is 2. The van der Waals surface area contributed by atoms with Crippen LogP contribution in [0.1, 0.15) is 10.4 Å². The highest BCUT2D eigenvalue weighted by Crippen LogP contribution is 2.18. The van der Waals surface area contributed by atoms with Gasteiger partial charge in [-0.1, -0.05) is 0 Å². The summed E-state index contributed by atoms with van der Waals surface area (Å²) in [6, 6.07) is 6.90. The van der Waals surface area contributed by atoms with Crippen molar-refractivity contribution < 1.29 is 9.53 Å². The topological polar surface area (TPSA) is 64.1 Å². The van der Waals surface area contributed by atoms with Crippen LogP contribution in [0.2, 0.25) is 0 Å². The molecular formula is C13H13N3O2S. The van der Waals surface area contributed by atoms with Gasteiger partial charge in [0, 0.05) is 12.3 Å². The summed E-state index contributed by atoms with van der Waals surface area (Å²) in [6.07, 6.45) is 5.09. The number of thioether (sulfide) groups is 1. The normalized spacial score (nSPS) is 10.0. The molecule has 2 aromatic heterocycles. The minimum atomic E-state index is -0.204. The van der Waals surface area contributed by atoms with Crippen molar-refractivity contribution in [2.24, 2.45) is 0 Å². The molecule has 0 spiro atoms. The van der Waals surface area contributed by atoms with Gasteiger partial charge >= 0.3 is 0 Å². The van der Waals surface area contributed by atoms with Crippen molar-refractivity contribution in [3.05, 3.63) is 42.2 Å². The van der Waals surface area contributed by atoms with Crippen LogP contribution in [0, 0.1) is 0 Å². The molecule has 0 atom stereocenters. The zero-order valence-electron chi connectivity index (χ0n) is 10.6. The Bertz CT molecular complexity index is 572. The lowest BCUT2D eigenvalue weighted by Gasteiger charge is -2.07. The molecule has 0 fully saturated rings. The lowest BCUT2D eigenvalue weighted by atomic mass is 10.2. The smallest absolute Gasteiger partial charge is 0.258 e. The summed E-state index contributed by atoms with van der Waals surface area (Å²) in [6.45, 7) is 0. The maximum Gasteiger partial charge on any atom is 0.258 e. The Morgan fingerprint density at radius 1 is 1.32 bits per heavy atom. The van der Waals surface area contributed by atoms with Gasteiger partial charge in [0.05, 0.1) is 24.6 Å². The largest absolute Gasteiger partial charge is 0.481 e. The fourth-order valence-electron chi connectivity index (χ4n) is 1.50. The first-order valence-corrected chi connectivity index (χ1v) is 6.77. The van der Waals surface area contributed by atoms with Crippen molar-refractivity contribution in [2.75, 3.05) is 18.7 Å². The average molecular weight is 275 g/mol. The number of carbonyl (C=O) groups is 1. The van der Waals surface area contributed by atoms with Gasteiger partial charge in [0.15, 0.2) is 0 Å². The van der Waals surface area contributed by atoms with Crippen molar-refractivity contribution in [1.29, 1.82) is 0 Å². The first kappa shape index (κ1) is 13.4. The lowest BCUT2D eigenvalue weighted by molar-refractivity contribution is 0.102.